The number of ether oxygens (including phenoxy) is 1. The van der Waals surface area contributed by atoms with Crippen molar-refractivity contribution >= 4 is 28.1 Å². The maximum Gasteiger partial charge on any atom is 0.229 e. The Balaban J connectivity index is 1.69. The van der Waals surface area contributed by atoms with Crippen LogP contribution in [0.2, 0.25) is 0 Å². The molecule has 3 rings (SSSR count). The van der Waals surface area contributed by atoms with Gasteiger partial charge in [0.2, 0.25) is 5.91 Å². The van der Waals surface area contributed by atoms with E-state index in [0.717, 1.165) is 48.4 Å². The Morgan fingerprint density at radius 3 is 2.50 bits per heavy atom. The highest BCUT2D eigenvalue weighted by molar-refractivity contribution is 7.14. The van der Waals surface area contributed by atoms with Crippen LogP contribution >= 0.6 is 11.3 Å². The quantitative estimate of drug-likeness (QED) is 0.923. The van der Waals surface area contributed by atoms with Crippen molar-refractivity contribution in [3.05, 3.63) is 29.6 Å². The molecule has 2 heterocycles. The fourth-order valence-corrected chi connectivity index (χ4v) is 3.23. The van der Waals surface area contributed by atoms with Crippen LogP contribution in [-0.4, -0.2) is 37.2 Å². The molecule has 0 aliphatic carbocycles. The van der Waals surface area contributed by atoms with Crippen molar-refractivity contribution in [2.24, 2.45) is 5.41 Å². The minimum absolute atomic E-state index is 0.0125. The van der Waals surface area contributed by atoms with Gasteiger partial charge in [0.15, 0.2) is 5.13 Å². The second-order valence-electron chi connectivity index (χ2n) is 6.90. The van der Waals surface area contributed by atoms with Gasteiger partial charge in [-0.1, -0.05) is 32.9 Å². The maximum absolute atomic E-state index is 12.0. The van der Waals surface area contributed by atoms with E-state index in [0.29, 0.717) is 0 Å². The molecule has 1 aromatic carbocycles. The van der Waals surface area contributed by atoms with E-state index >= 15 is 0 Å². The molecule has 1 saturated heterocycles. The molecule has 2 aromatic rings. The Bertz CT molecular complexity index is 698. The number of hydrogen-bond donors (Lipinski definition) is 1. The van der Waals surface area contributed by atoms with Gasteiger partial charge in [-0.15, -0.1) is 11.3 Å². The third-order valence-electron chi connectivity index (χ3n) is 3.89. The van der Waals surface area contributed by atoms with Gasteiger partial charge in [0.25, 0.3) is 0 Å². The summed E-state index contributed by atoms with van der Waals surface area (Å²) in [6.07, 6.45) is 0. The fraction of sp³-hybridized carbons (Fsp3) is 0.444. The van der Waals surface area contributed by atoms with Crippen LogP contribution < -0.4 is 10.2 Å². The van der Waals surface area contributed by atoms with Crippen LogP contribution in [0.1, 0.15) is 20.8 Å². The van der Waals surface area contributed by atoms with Crippen molar-refractivity contribution in [2.45, 2.75) is 20.8 Å². The largest absolute Gasteiger partial charge is 0.378 e. The number of morpholine rings is 1. The molecule has 1 fully saturated rings. The lowest BCUT2D eigenvalue weighted by atomic mass is 9.95. The molecule has 0 spiro atoms. The average Bonchev–Trinajstić information content (AvgIpc) is 3.05. The third kappa shape index (κ3) is 3.94. The Kier molecular flexibility index (Phi) is 4.87. The number of aromatic nitrogens is 1. The van der Waals surface area contributed by atoms with Gasteiger partial charge in [0.1, 0.15) is 0 Å². The summed E-state index contributed by atoms with van der Waals surface area (Å²) in [5.41, 5.74) is 2.43. The highest BCUT2D eigenvalue weighted by Crippen LogP contribution is 2.29. The summed E-state index contributed by atoms with van der Waals surface area (Å²) in [6.45, 7) is 9.01. The molecule has 5 nitrogen and oxygen atoms in total. The molecular weight excluding hydrogens is 322 g/mol. The highest BCUT2D eigenvalue weighted by atomic mass is 32.1. The number of anilines is 2. The number of rotatable bonds is 3. The second-order valence-corrected chi connectivity index (χ2v) is 7.73. The van der Waals surface area contributed by atoms with Crippen LogP contribution in [0.25, 0.3) is 11.3 Å². The van der Waals surface area contributed by atoms with Crippen LogP contribution in [0.4, 0.5) is 10.8 Å². The smallest absolute Gasteiger partial charge is 0.229 e. The Morgan fingerprint density at radius 2 is 1.88 bits per heavy atom. The number of carbonyl (C=O) groups excluding carboxylic acids is 1. The first-order valence-corrected chi connectivity index (χ1v) is 9.01. The first-order valence-electron chi connectivity index (χ1n) is 8.13. The van der Waals surface area contributed by atoms with Gasteiger partial charge in [0.05, 0.1) is 18.9 Å². The maximum atomic E-state index is 12.0. The molecule has 1 aromatic heterocycles. The predicted octanol–water partition coefficient (Wildman–Crippen LogP) is 3.63. The summed E-state index contributed by atoms with van der Waals surface area (Å²) in [6, 6.07) is 7.84. The van der Waals surface area contributed by atoms with E-state index in [-0.39, 0.29) is 5.91 Å². The van der Waals surface area contributed by atoms with Gasteiger partial charge in [0, 0.05) is 35.1 Å². The van der Waals surface area contributed by atoms with Crippen LogP contribution in [-0.2, 0) is 9.53 Å². The molecule has 1 N–H and O–H groups in total. The summed E-state index contributed by atoms with van der Waals surface area (Å²) in [4.78, 5) is 19.0. The van der Waals surface area contributed by atoms with Gasteiger partial charge in [-0.2, -0.15) is 0 Å². The molecule has 0 atom stereocenters. The van der Waals surface area contributed by atoms with Crippen LogP contribution in [0.3, 0.4) is 0 Å². The standard InChI is InChI=1S/C18H23N3O2S/c1-18(2,3)16(22)19-14-6-4-13(5-7-14)15-12-24-17(20-15)21-8-10-23-11-9-21/h4-7,12H,8-11H2,1-3H3,(H,19,22). The lowest BCUT2D eigenvalue weighted by Crippen LogP contribution is -2.36. The minimum atomic E-state index is -0.402. The zero-order chi connectivity index (χ0) is 17.2. The lowest BCUT2D eigenvalue weighted by Gasteiger charge is -2.26. The normalized spacial score (nSPS) is 15.4. The number of nitrogens with one attached hydrogen (secondary N) is 1. The molecule has 0 saturated carbocycles. The summed E-state index contributed by atoms with van der Waals surface area (Å²) in [7, 11) is 0. The first-order chi connectivity index (χ1) is 11.4. The Hall–Kier alpha value is -1.92. The van der Waals surface area contributed by atoms with E-state index in [4.69, 9.17) is 9.72 Å². The molecule has 0 bridgehead atoms. The molecule has 1 aliphatic heterocycles. The summed E-state index contributed by atoms with van der Waals surface area (Å²) < 4.78 is 5.38. The number of thiazole rings is 1. The monoisotopic (exact) mass is 345 g/mol. The van der Waals surface area contributed by atoms with E-state index < -0.39 is 5.41 Å². The molecule has 1 aliphatic rings. The van der Waals surface area contributed by atoms with Crippen molar-refractivity contribution in [2.75, 3.05) is 36.5 Å². The highest BCUT2D eigenvalue weighted by Gasteiger charge is 2.21. The predicted molar refractivity (Wildman–Crippen MR) is 98.7 cm³/mol. The Morgan fingerprint density at radius 1 is 1.21 bits per heavy atom. The second kappa shape index (κ2) is 6.91. The van der Waals surface area contributed by atoms with Crippen molar-refractivity contribution in [1.29, 1.82) is 0 Å². The van der Waals surface area contributed by atoms with Gasteiger partial charge in [-0.25, -0.2) is 4.98 Å². The zero-order valence-electron chi connectivity index (χ0n) is 14.3. The van der Waals surface area contributed by atoms with Gasteiger partial charge < -0.3 is 15.0 Å². The molecule has 6 heteroatoms. The molecule has 1 amide bonds. The van der Waals surface area contributed by atoms with E-state index in [1.54, 1.807) is 11.3 Å². The topological polar surface area (TPSA) is 54.5 Å². The minimum Gasteiger partial charge on any atom is -0.378 e. The molecule has 24 heavy (non-hydrogen) atoms. The number of nitrogens with zero attached hydrogens (tertiary/aromatic N) is 2. The Labute approximate surface area is 146 Å². The van der Waals surface area contributed by atoms with E-state index in [1.807, 2.05) is 45.0 Å². The van der Waals surface area contributed by atoms with Crippen LogP contribution in [0.5, 0.6) is 0 Å². The van der Waals surface area contributed by atoms with Crippen LogP contribution in [0.15, 0.2) is 29.6 Å². The number of hydrogen-bond acceptors (Lipinski definition) is 5. The molecule has 0 unspecified atom stereocenters. The SMILES string of the molecule is CC(C)(C)C(=O)Nc1ccc(-c2csc(N3CCOCC3)n2)cc1. The van der Waals surface area contributed by atoms with Crippen molar-refractivity contribution in [3.63, 3.8) is 0 Å². The lowest BCUT2D eigenvalue weighted by molar-refractivity contribution is -0.123. The summed E-state index contributed by atoms with van der Waals surface area (Å²) in [5, 5.41) is 6.06. The van der Waals surface area contributed by atoms with Crippen LogP contribution in [0, 0.1) is 5.41 Å². The van der Waals surface area contributed by atoms with E-state index in [9.17, 15) is 4.79 Å². The summed E-state index contributed by atoms with van der Waals surface area (Å²) >= 11 is 1.66. The zero-order valence-corrected chi connectivity index (χ0v) is 15.2. The molecule has 0 radical (unpaired) electrons. The number of benzene rings is 1. The van der Waals surface area contributed by atoms with E-state index in [2.05, 4.69) is 15.6 Å². The first kappa shape index (κ1) is 16.9. The fourth-order valence-electron chi connectivity index (χ4n) is 2.34. The number of amides is 1. The van der Waals surface area contributed by atoms with Gasteiger partial charge in [-0.05, 0) is 12.1 Å². The third-order valence-corrected chi connectivity index (χ3v) is 4.79. The average molecular weight is 345 g/mol. The molecular formula is C18H23N3O2S. The van der Waals surface area contributed by atoms with E-state index in [1.165, 1.54) is 0 Å². The van der Waals surface area contributed by atoms with Crippen molar-refractivity contribution in [3.8, 4) is 11.3 Å². The molecule has 128 valence electrons. The van der Waals surface area contributed by atoms with Crippen molar-refractivity contribution in [1.82, 2.24) is 4.98 Å². The van der Waals surface area contributed by atoms with Gasteiger partial charge >= 0.3 is 0 Å². The summed E-state index contributed by atoms with van der Waals surface area (Å²) in [5.74, 6) is 0.0125. The van der Waals surface area contributed by atoms with Gasteiger partial charge in [-0.3, -0.25) is 4.79 Å². The number of carbonyl (C=O) groups is 1. The van der Waals surface area contributed by atoms with Crippen molar-refractivity contribution < 1.29 is 9.53 Å².